The quantitative estimate of drug-likeness (QED) is 0.785. The molecule has 0 saturated carbocycles. The third kappa shape index (κ3) is 4.71. The number of ether oxygens (including phenoxy) is 2. The molecule has 1 amide bonds. The lowest BCUT2D eigenvalue weighted by molar-refractivity contribution is 0.0636. The molecule has 0 fully saturated rings. The van der Waals surface area contributed by atoms with Crippen molar-refractivity contribution in [3.05, 3.63) is 23.8 Å². The average molecular weight is 282 g/mol. The molecular weight excluding hydrogens is 260 g/mol. The fourth-order valence-electron chi connectivity index (χ4n) is 1.61. The highest BCUT2D eigenvalue weighted by molar-refractivity contribution is 5.85. The molecule has 0 saturated heterocycles. The van der Waals surface area contributed by atoms with Crippen LogP contribution in [0.1, 0.15) is 32.4 Å². The molecule has 6 heteroatoms. The fraction of sp³-hybridized carbons (Fsp3) is 0.500. The van der Waals surface area contributed by atoms with Crippen LogP contribution in [0.3, 0.4) is 0 Å². The summed E-state index contributed by atoms with van der Waals surface area (Å²) >= 11 is 0. The van der Waals surface area contributed by atoms with Gasteiger partial charge in [0.1, 0.15) is 11.4 Å². The summed E-state index contributed by atoms with van der Waals surface area (Å²) in [4.78, 5) is 11.7. The lowest BCUT2D eigenvalue weighted by Crippen LogP contribution is -2.27. The van der Waals surface area contributed by atoms with Crippen molar-refractivity contribution in [1.29, 1.82) is 0 Å². The molecule has 1 atom stereocenters. The van der Waals surface area contributed by atoms with Crippen molar-refractivity contribution in [3.8, 4) is 5.75 Å². The van der Waals surface area contributed by atoms with Gasteiger partial charge in [0.25, 0.3) is 0 Å². The molecule has 0 spiro atoms. The van der Waals surface area contributed by atoms with E-state index in [9.17, 15) is 9.90 Å². The predicted molar refractivity (Wildman–Crippen MR) is 76.9 cm³/mol. The average Bonchev–Trinajstić information content (AvgIpc) is 2.35. The third-order valence-corrected chi connectivity index (χ3v) is 2.46. The molecule has 0 bridgehead atoms. The molecule has 0 aliphatic carbocycles. The summed E-state index contributed by atoms with van der Waals surface area (Å²) in [7, 11) is 1.49. The van der Waals surface area contributed by atoms with Crippen LogP contribution in [-0.4, -0.2) is 30.5 Å². The lowest BCUT2D eigenvalue weighted by atomic mass is 10.1. The summed E-state index contributed by atoms with van der Waals surface area (Å²) < 4.78 is 10.3. The van der Waals surface area contributed by atoms with Crippen molar-refractivity contribution in [2.24, 2.45) is 5.73 Å². The van der Waals surface area contributed by atoms with Crippen LogP contribution in [0, 0.1) is 0 Å². The number of aliphatic hydroxyl groups is 1. The van der Waals surface area contributed by atoms with Crippen LogP contribution in [-0.2, 0) is 4.74 Å². The standard InChI is InChI=1S/C14H22N2O4/c1-14(2,3)20-13(18)16-9-5-6-10(11(17)8-15)12(7-9)19-4/h5-7,11,17H,8,15H2,1-4H3,(H,16,18)/t11-/m1/s1. The number of hydrogen-bond donors (Lipinski definition) is 3. The van der Waals surface area contributed by atoms with Gasteiger partial charge < -0.3 is 20.3 Å². The Balaban J connectivity index is 2.85. The smallest absolute Gasteiger partial charge is 0.412 e. The predicted octanol–water partition coefficient (Wildman–Crippen LogP) is 2.03. The molecule has 0 heterocycles. The first-order valence-corrected chi connectivity index (χ1v) is 6.33. The van der Waals surface area contributed by atoms with Gasteiger partial charge in [-0.15, -0.1) is 0 Å². The van der Waals surface area contributed by atoms with Crippen LogP contribution in [0.2, 0.25) is 0 Å². The Bertz CT molecular complexity index is 469. The van der Waals surface area contributed by atoms with E-state index in [4.69, 9.17) is 15.2 Å². The zero-order valence-corrected chi connectivity index (χ0v) is 12.3. The summed E-state index contributed by atoms with van der Waals surface area (Å²) in [6.07, 6.45) is -1.35. The molecule has 112 valence electrons. The number of methoxy groups -OCH3 is 1. The fourth-order valence-corrected chi connectivity index (χ4v) is 1.61. The van der Waals surface area contributed by atoms with Gasteiger partial charge in [-0.3, -0.25) is 5.32 Å². The summed E-state index contributed by atoms with van der Waals surface area (Å²) in [6.45, 7) is 5.45. The number of carbonyl (C=O) groups excluding carboxylic acids is 1. The van der Waals surface area contributed by atoms with E-state index >= 15 is 0 Å². The van der Waals surface area contributed by atoms with E-state index < -0.39 is 17.8 Å². The van der Waals surface area contributed by atoms with Crippen LogP contribution in [0.25, 0.3) is 0 Å². The minimum absolute atomic E-state index is 0.0925. The van der Waals surface area contributed by atoms with Crippen molar-refractivity contribution >= 4 is 11.8 Å². The second-order valence-corrected chi connectivity index (χ2v) is 5.34. The van der Waals surface area contributed by atoms with Gasteiger partial charge in [0.05, 0.1) is 13.2 Å². The zero-order chi connectivity index (χ0) is 15.3. The van der Waals surface area contributed by atoms with E-state index in [1.807, 2.05) is 0 Å². The summed E-state index contributed by atoms with van der Waals surface area (Å²) in [5.74, 6) is 0.455. The van der Waals surface area contributed by atoms with Crippen LogP contribution in [0.5, 0.6) is 5.75 Å². The highest BCUT2D eigenvalue weighted by Crippen LogP contribution is 2.28. The Labute approximate surface area is 118 Å². The highest BCUT2D eigenvalue weighted by Gasteiger charge is 2.17. The van der Waals surface area contributed by atoms with E-state index in [1.165, 1.54) is 7.11 Å². The molecule has 0 unspecified atom stereocenters. The van der Waals surface area contributed by atoms with Crippen molar-refractivity contribution in [2.45, 2.75) is 32.5 Å². The highest BCUT2D eigenvalue weighted by atomic mass is 16.6. The maximum Gasteiger partial charge on any atom is 0.412 e. The maximum atomic E-state index is 11.7. The first kappa shape index (κ1) is 16.3. The van der Waals surface area contributed by atoms with Gasteiger partial charge in [-0.2, -0.15) is 0 Å². The molecule has 6 nitrogen and oxygen atoms in total. The molecule has 1 aromatic carbocycles. The second-order valence-electron chi connectivity index (χ2n) is 5.34. The van der Waals surface area contributed by atoms with Crippen molar-refractivity contribution < 1.29 is 19.4 Å². The van der Waals surface area contributed by atoms with E-state index in [1.54, 1.807) is 39.0 Å². The van der Waals surface area contributed by atoms with Gasteiger partial charge in [-0.05, 0) is 26.8 Å². The Hall–Kier alpha value is -1.79. The minimum atomic E-state index is -0.805. The Morgan fingerprint density at radius 3 is 2.60 bits per heavy atom. The number of amides is 1. The van der Waals surface area contributed by atoms with Gasteiger partial charge >= 0.3 is 6.09 Å². The molecule has 4 N–H and O–H groups in total. The number of nitrogens with two attached hydrogens (primary N) is 1. The minimum Gasteiger partial charge on any atom is -0.496 e. The normalized spacial score (nSPS) is 12.7. The molecule has 20 heavy (non-hydrogen) atoms. The maximum absolute atomic E-state index is 11.7. The van der Waals surface area contributed by atoms with Crippen LogP contribution >= 0.6 is 0 Å². The second kappa shape index (κ2) is 6.58. The zero-order valence-electron chi connectivity index (χ0n) is 12.3. The van der Waals surface area contributed by atoms with Gasteiger partial charge in [0, 0.05) is 23.9 Å². The number of nitrogens with one attached hydrogen (secondary N) is 1. The number of aliphatic hydroxyl groups excluding tert-OH is 1. The SMILES string of the molecule is COc1cc(NC(=O)OC(C)(C)C)ccc1[C@H](O)CN. The van der Waals surface area contributed by atoms with Gasteiger partial charge in [-0.25, -0.2) is 4.79 Å². The van der Waals surface area contributed by atoms with Gasteiger partial charge in [-0.1, -0.05) is 6.07 Å². The number of benzene rings is 1. The Morgan fingerprint density at radius 1 is 1.45 bits per heavy atom. The van der Waals surface area contributed by atoms with Gasteiger partial charge in [0.2, 0.25) is 0 Å². The Kier molecular flexibility index (Phi) is 5.35. The molecule has 0 aliphatic heterocycles. The lowest BCUT2D eigenvalue weighted by Gasteiger charge is -2.20. The first-order valence-electron chi connectivity index (χ1n) is 6.33. The first-order chi connectivity index (χ1) is 9.26. The van der Waals surface area contributed by atoms with E-state index in [2.05, 4.69) is 5.32 Å². The number of hydrogen-bond acceptors (Lipinski definition) is 5. The Morgan fingerprint density at radius 2 is 2.10 bits per heavy atom. The van der Waals surface area contributed by atoms with Crippen molar-refractivity contribution in [3.63, 3.8) is 0 Å². The summed E-state index contributed by atoms with van der Waals surface area (Å²) in [5.41, 5.74) is 5.95. The van der Waals surface area contributed by atoms with E-state index in [0.29, 0.717) is 17.0 Å². The van der Waals surface area contributed by atoms with Gasteiger partial charge in [0.15, 0.2) is 0 Å². The largest absolute Gasteiger partial charge is 0.496 e. The van der Waals surface area contributed by atoms with Crippen LogP contribution in [0.4, 0.5) is 10.5 Å². The molecule has 0 aliphatic rings. The topological polar surface area (TPSA) is 93.8 Å². The summed E-state index contributed by atoms with van der Waals surface area (Å²) in [5, 5.41) is 12.4. The third-order valence-electron chi connectivity index (χ3n) is 2.46. The molecule has 0 aromatic heterocycles. The number of anilines is 1. The van der Waals surface area contributed by atoms with Crippen molar-refractivity contribution in [1.82, 2.24) is 0 Å². The monoisotopic (exact) mass is 282 g/mol. The molecule has 0 radical (unpaired) electrons. The number of rotatable bonds is 4. The molecule has 1 rings (SSSR count). The van der Waals surface area contributed by atoms with Crippen LogP contribution < -0.4 is 15.8 Å². The summed E-state index contributed by atoms with van der Waals surface area (Å²) in [6, 6.07) is 4.92. The van der Waals surface area contributed by atoms with Crippen LogP contribution in [0.15, 0.2) is 18.2 Å². The van der Waals surface area contributed by atoms with E-state index in [-0.39, 0.29) is 6.54 Å². The number of carbonyl (C=O) groups is 1. The van der Waals surface area contributed by atoms with Crippen molar-refractivity contribution in [2.75, 3.05) is 19.0 Å². The van der Waals surface area contributed by atoms with E-state index in [0.717, 1.165) is 0 Å². The molecule has 1 aromatic rings. The molecular formula is C14H22N2O4.